The van der Waals surface area contributed by atoms with Crippen molar-refractivity contribution >= 4 is 0 Å². The summed E-state index contributed by atoms with van der Waals surface area (Å²) in [5.41, 5.74) is 2.06. The van der Waals surface area contributed by atoms with E-state index in [1.807, 2.05) is 30.5 Å². The number of benzene rings is 1. The molecule has 1 aromatic carbocycles. The van der Waals surface area contributed by atoms with Crippen LogP contribution in [0.25, 0.3) is 0 Å². The first kappa shape index (κ1) is 10.8. The van der Waals surface area contributed by atoms with Gasteiger partial charge in [0.25, 0.3) is 0 Å². The van der Waals surface area contributed by atoms with E-state index in [1.165, 1.54) is 12.1 Å². The molecule has 1 heterocycles. The van der Waals surface area contributed by atoms with Crippen LogP contribution in [-0.4, -0.2) is 4.98 Å². The van der Waals surface area contributed by atoms with Crippen molar-refractivity contribution in [2.45, 2.75) is 19.3 Å². The van der Waals surface area contributed by atoms with Crippen molar-refractivity contribution in [2.24, 2.45) is 0 Å². The molecular weight excluding hydrogens is 201 g/mol. The molecule has 0 saturated heterocycles. The fourth-order valence-electron chi connectivity index (χ4n) is 1.77. The first-order valence-electron chi connectivity index (χ1n) is 5.27. The highest BCUT2D eigenvalue weighted by molar-refractivity contribution is 5.35. The number of hydrogen-bond donors (Lipinski definition) is 0. The summed E-state index contributed by atoms with van der Waals surface area (Å²) >= 11 is 0. The van der Waals surface area contributed by atoms with E-state index in [2.05, 4.69) is 18.8 Å². The molecule has 0 radical (unpaired) electrons. The van der Waals surface area contributed by atoms with E-state index >= 15 is 0 Å². The fraction of sp³-hybridized carbons (Fsp3) is 0.214. The van der Waals surface area contributed by atoms with Crippen molar-refractivity contribution < 1.29 is 4.39 Å². The summed E-state index contributed by atoms with van der Waals surface area (Å²) in [6.45, 7) is 4.22. The second-order valence-corrected chi connectivity index (χ2v) is 4.37. The predicted molar refractivity (Wildman–Crippen MR) is 62.8 cm³/mol. The molecule has 0 aliphatic rings. The summed E-state index contributed by atoms with van der Waals surface area (Å²) in [6.07, 6.45) is 3.60. The Labute approximate surface area is 95.0 Å². The third kappa shape index (κ3) is 1.96. The van der Waals surface area contributed by atoms with Crippen molar-refractivity contribution in [3.05, 3.63) is 65.7 Å². The lowest BCUT2D eigenvalue weighted by Crippen LogP contribution is -2.18. The molecule has 82 valence electrons. The molecule has 0 atom stereocenters. The highest BCUT2D eigenvalue weighted by atomic mass is 19.1. The maximum Gasteiger partial charge on any atom is 0.123 e. The van der Waals surface area contributed by atoms with Crippen LogP contribution in [0, 0.1) is 5.82 Å². The lowest BCUT2D eigenvalue weighted by atomic mass is 9.79. The molecule has 0 aliphatic heterocycles. The van der Waals surface area contributed by atoms with Gasteiger partial charge in [0.2, 0.25) is 0 Å². The van der Waals surface area contributed by atoms with E-state index in [0.717, 1.165) is 11.1 Å². The number of aromatic nitrogens is 1. The molecule has 0 aliphatic carbocycles. The van der Waals surface area contributed by atoms with Crippen molar-refractivity contribution in [3.63, 3.8) is 0 Å². The summed E-state index contributed by atoms with van der Waals surface area (Å²) in [5, 5.41) is 0. The summed E-state index contributed by atoms with van der Waals surface area (Å²) in [7, 11) is 0. The van der Waals surface area contributed by atoms with E-state index in [0.29, 0.717) is 0 Å². The van der Waals surface area contributed by atoms with Gasteiger partial charge in [-0.15, -0.1) is 0 Å². The third-order valence-corrected chi connectivity index (χ3v) is 2.95. The maximum absolute atomic E-state index is 12.9. The van der Waals surface area contributed by atoms with E-state index in [-0.39, 0.29) is 11.2 Å². The minimum absolute atomic E-state index is 0.151. The Morgan fingerprint density at radius 1 is 1.00 bits per heavy atom. The van der Waals surface area contributed by atoms with Crippen LogP contribution in [0.3, 0.4) is 0 Å². The van der Waals surface area contributed by atoms with Crippen molar-refractivity contribution in [2.75, 3.05) is 0 Å². The standard InChI is InChI=1S/C14H14FN/c1-14(2,12-4-3-9-16-10-12)11-5-7-13(15)8-6-11/h3-10H,1-2H3. The van der Waals surface area contributed by atoms with Gasteiger partial charge in [0.1, 0.15) is 5.82 Å². The van der Waals surface area contributed by atoms with Crippen molar-refractivity contribution in [1.82, 2.24) is 4.98 Å². The zero-order valence-corrected chi connectivity index (χ0v) is 9.44. The van der Waals surface area contributed by atoms with Gasteiger partial charge in [0.05, 0.1) is 0 Å². The van der Waals surface area contributed by atoms with E-state index in [9.17, 15) is 4.39 Å². The molecule has 0 spiro atoms. The van der Waals surface area contributed by atoms with E-state index < -0.39 is 0 Å². The highest BCUT2D eigenvalue weighted by Crippen LogP contribution is 2.30. The first-order valence-corrected chi connectivity index (χ1v) is 5.27. The van der Waals surface area contributed by atoms with Gasteiger partial charge in [-0.05, 0) is 29.3 Å². The zero-order chi connectivity index (χ0) is 11.6. The third-order valence-electron chi connectivity index (χ3n) is 2.95. The average molecular weight is 215 g/mol. The number of rotatable bonds is 2. The van der Waals surface area contributed by atoms with Gasteiger partial charge in [-0.2, -0.15) is 0 Å². The largest absolute Gasteiger partial charge is 0.264 e. The van der Waals surface area contributed by atoms with Crippen LogP contribution in [0.15, 0.2) is 48.8 Å². The van der Waals surface area contributed by atoms with Crippen LogP contribution >= 0.6 is 0 Å². The number of hydrogen-bond acceptors (Lipinski definition) is 1. The molecule has 0 bridgehead atoms. The van der Waals surface area contributed by atoms with Gasteiger partial charge in [-0.25, -0.2) is 4.39 Å². The molecule has 0 N–H and O–H groups in total. The topological polar surface area (TPSA) is 12.9 Å². The van der Waals surface area contributed by atoms with Gasteiger partial charge in [0.15, 0.2) is 0 Å². The highest BCUT2D eigenvalue weighted by Gasteiger charge is 2.22. The molecular formula is C14H14FN. The fourth-order valence-corrected chi connectivity index (χ4v) is 1.77. The molecule has 1 aromatic heterocycles. The van der Waals surface area contributed by atoms with Crippen LogP contribution in [0.5, 0.6) is 0 Å². The minimum atomic E-state index is -0.203. The Balaban J connectivity index is 2.43. The summed E-state index contributed by atoms with van der Waals surface area (Å²) in [4.78, 5) is 4.12. The van der Waals surface area contributed by atoms with Crippen LogP contribution < -0.4 is 0 Å². The van der Waals surface area contributed by atoms with Crippen LogP contribution in [0.2, 0.25) is 0 Å². The van der Waals surface area contributed by atoms with Crippen LogP contribution in [-0.2, 0) is 5.41 Å². The molecule has 0 unspecified atom stereocenters. The van der Waals surface area contributed by atoms with Crippen molar-refractivity contribution in [1.29, 1.82) is 0 Å². The Kier molecular flexibility index (Phi) is 2.73. The molecule has 0 amide bonds. The second kappa shape index (κ2) is 4.05. The molecule has 0 saturated carbocycles. The van der Waals surface area contributed by atoms with Gasteiger partial charge < -0.3 is 0 Å². The van der Waals surface area contributed by atoms with E-state index in [1.54, 1.807) is 6.20 Å². The normalized spacial score (nSPS) is 11.4. The Bertz CT molecular complexity index is 460. The van der Waals surface area contributed by atoms with E-state index in [4.69, 9.17) is 0 Å². The quantitative estimate of drug-likeness (QED) is 0.746. The first-order chi connectivity index (χ1) is 7.60. The summed E-state index contributed by atoms with van der Waals surface area (Å²) in [6, 6.07) is 10.6. The van der Waals surface area contributed by atoms with Gasteiger partial charge in [-0.1, -0.05) is 32.0 Å². The van der Waals surface area contributed by atoms with Gasteiger partial charge in [-0.3, -0.25) is 4.98 Å². The molecule has 2 aromatic rings. The lowest BCUT2D eigenvalue weighted by Gasteiger charge is -2.25. The summed E-state index contributed by atoms with van der Waals surface area (Å²) < 4.78 is 12.9. The Hall–Kier alpha value is -1.70. The van der Waals surface area contributed by atoms with Crippen molar-refractivity contribution in [3.8, 4) is 0 Å². The monoisotopic (exact) mass is 215 g/mol. The van der Waals surface area contributed by atoms with Gasteiger partial charge in [0, 0.05) is 17.8 Å². The van der Waals surface area contributed by atoms with Crippen LogP contribution in [0.1, 0.15) is 25.0 Å². The minimum Gasteiger partial charge on any atom is -0.264 e. The molecule has 2 rings (SSSR count). The second-order valence-electron chi connectivity index (χ2n) is 4.37. The molecule has 1 nitrogen and oxygen atoms in total. The zero-order valence-electron chi connectivity index (χ0n) is 9.44. The maximum atomic E-state index is 12.9. The summed E-state index contributed by atoms with van der Waals surface area (Å²) in [5.74, 6) is -0.203. The number of pyridine rings is 1. The molecule has 2 heteroatoms. The van der Waals surface area contributed by atoms with Gasteiger partial charge >= 0.3 is 0 Å². The molecule has 16 heavy (non-hydrogen) atoms. The van der Waals surface area contributed by atoms with Crippen LogP contribution in [0.4, 0.5) is 4.39 Å². The smallest absolute Gasteiger partial charge is 0.123 e. The average Bonchev–Trinajstić information content (AvgIpc) is 2.31. The number of halogens is 1. The molecule has 0 fully saturated rings. The predicted octanol–water partition coefficient (Wildman–Crippen LogP) is 3.55. The Morgan fingerprint density at radius 3 is 2.25 bits per heavy atom. The SMILES string of the molecule is CC(C)(c1ccc(F)cc1)c1cccnc1. The Morgan fingerprint density at radius 2 is 1.69 bits per heavy atom. The lowest BCUT2D eigenvalue weighted by molar-refractivity contribution is 0.613. The number of nitrogens with zero attached hydrogens (tertiary/aromatic N) is 1.